The summed E-state index contributed by atoms with van der Waals surface area (Å²) in [4.78, 5) is 4.48. The molecule has 0 spiro atoms. The van der Waals surface area contributed by atoms with Crippen molar-refractivity contribution in [2.75, 3.05) is 5.32 Å². The molecule has 0 amide bonds. The van der Waals surface area contributed by atoms with Gasteiger partial charge in [-0.15, -0.1) is 0 Å². The molecule has 0 unspecified atom stereocenters. The smallest absolute Gasteiger partial charge is 0.184 e. The van der Waals surface area contributed by atoms with Crippen molar-refractivity contribution in [3.8, 4) is 0 Å². The third-order valence-corrected chi connectivity index (χ3v) is 3.46. The molecule has 0 atom stereocenters. The minimum absolute atomic E-state index is 0.658. The molecule has 1 N–H and O–H groups in total. The molecule has 3 rings (SSSR count). The van der Waals surface area contributed by atoms with Gasteiger partial charge in [0.2, 0.25) is 0 Å². The summed E-state index contributed by atoms with van der Waals surface area (Å²) in [7, 11) is 0. The van der Waals surface area contributed by atoms with Gasteiger partial charge in [-0.2, -0.15) is 0 Å². The molecule has 0 saturated heterocycles. The van der Waals surface area contributed by atoms with Crippen molar-refractivity contribution in [1.82, 2.24) is 4.98 Å². The van der Waals surface area contributed by atoms with Crippen LogP contribution in [0.1, 0.15) is 12.8 Å². The van der Waals surface area contributed by atoms with E-state index in [1.165, 1.54) is 17.5 Å². The lowest BCUT2D eigenvalue weighted by molar-refractivity contribution is 1.14. The first-order valence-corrected chi connectivity index (χ1v) is 5.83. The van der Waals surface area contributed by atoms with Crippen molar-refractivity contribution in [3.63, 3.8) is 0 Å². The molecule has 1 aliphatic carbocycles. The fraction of sp³-hybridized carbons (Fsp3) is 0.300. The molecule has 1 heterocycles. The van der Waals surface area contributed by atoms with Crippen LogP contribution in [0.3, 0.4) is 0 Å². The first-order chi connectivity index (χ1) is 6.81. The summed E-state index contributed by atoms with van der Waals surface area (Å²) in [5.74, 6) is 0. The summed E-state index contributed by atoms with van der Waals surface area (Å²) in [6.07, 6.45) is 2.55. The Kier molecular flexibility index (Phi) is 1.89. The van der Waals surface area contributed by atoms with E-state index in [0.29, 0.717) is 6.04 Å². The van der Waals surface area contributed by atoms with Gasteiger partial charge in [-0.05, 0) is 31.0 Å². The van der Waals surface area contributed by atoms with Gasteiger partial charge in [-0.1, -0.05) is 22.9 Å². The van der Waals surface area contributed by atoms with E-state index in [-0.39, 0.29) is 0 Å². The molecule has 4 heteroatoms. The Morgan fingerprint density at radius 3 is 3.07 bits per heavy atom. The monoisotopic (exact) mass is 224 g/mol. The van der Waals surface area contributed by atoms with Crippen LogP contribution in [-0.2, 0) is 0 Å². The van der Waals surface area contributed by atoms with E-state index in [9.17, 15) is 0 Å². The highest BCUT2D eigenvalue weighted by molar-refractivity contribution is 7.22. The van der Waals surface area contributed by atoms with E-state index in [4.69, 9.17) is 11.6 Å². The molecule has 1 fully saturated rings. The van der Waals surface area contributed by atoms with Gasteiger partial charge in [0.25, 0.3) is 0 Å². The van der Waals surface area contributed by atoms with E-state index < -0.39 is 0 Å². The summed E-state index contributed by atoms with van der Waals surface area (Å²) in [6, 6.07) is 6.49. The maximum absolute atomic E-state index is 5.89. The Bertz CT molecular complexity index is 476. The van der Waals surface area contributed by atoms with Gasteiger partial charge >= 0.3 is 0 Å². The quantitative estimate of drug-likeness (QED) is 0.844. The van der Waals surface area contributed by atoms with Crippen LogP contribution in [0.2, 0.25) is 5.02 Å². The van der Waals surface area contributed by atoms with Crippen molar-refractivity contribution in [2.45, 2.75) is 18.9 Å². The first-order valence-electron chi connectivity index (χ1n) is 4.64. The highest BCUT2D eigenvalue weighted by Gasteiger charge is 2.22. The summed E-state index contributed by atoms with van der Waals surface area (Å²) in [5.41, 5.74) is 0.991. The van der Waals surface area contributed by atoms with Gasteiger partial charge in [-0.25, -0.2) is 4.98 Å². The predicted molar refractivity (Wildman–Crippen MR) is 61.3 cm³/mol. The molecule has 0 radical (unpaired) electrons. The molecule has 1 saturated carbocycles. The molecule has 1 aromatic heterocycles. The Morgan fingerprint density at radius 2 is 2.29 bits per heavy atom. The lowest BCUT2D eigenvalue weighted by Crippen LogP contribution is -1.99. The zero-order chi connectivity index (χ0) is 9.54. The van der Waals surface area contributed by atoms with Gasteiger partial charge in [0, 0.05) is 11.1 Å². The zero-order valence-electron chi connectivity index (χ0n) is 7.46. The molecule has 0 aliphatic heterocycles. The predicted octanol–water partition coefficient (Wildman–Crippen LogP) is 3.52. The summed E-state index contributed by atoms with van der Waals surface area (Å²) >= 11 is 7.58. The van der Waals surface area contributed by atoms with Gasteiger partial charge in [-0.3, -0.25) is 0 Å². The minimum atomic E-state index is 0.658. The number of rotatable bonds is 2. The van der Waals surface area contributed by atoms with Crippen LogP contribution in [0.25, 0.3) is 10.2 Å². The number of benzene rings is 1. The number of hydrogen-bond acceptors (Lipinski definition) is 3. The summed E-state index contributed by atoms with van der Waals surface area (Å²) in [5, 5.41) is 5.16. The number of nitrogens with one attached hydrogen (secondary N) is 1. The zero-order valence-corrected chi connectivity index (χ0v) is 9.03. The standard InChI is InChI=1S/C10H9ClN2S/c11-6-1-4-9-8(5-6)13-10(14-9)12-7-2-3-7/h1,4-5,7H,2-3H2,(H,12,13). The SMILES string of the molecule is Clc1ccc2sc(NC3CC3)nc2c1. The van der Waals surface area contributed by atoms with Crippen LogP contribution in [-0.4, -0.2) is 11.0 Å². The topological polar surface area (TPSA) is 24.9 Å². The number of aromatic nitrogens is 1. The second-order valence-electron chi connectivity index (χ2n) is 3.55. The minimum Gasteiger partial charge on any atom is -0.359 e. The average Bonchev–Trinajstić information content (AvgIpc) is 2.84. The molecular weight excluding hydrogens is 216 g/mol. The van der Waals surface area contributed by atoms with Crippen molar-refractivity contribution < 1.29 is 0 Å². The van der Waals surface area contributed by atoms with Gasteiger partial charge < -0.3 is 5.32 Å². The molecule has 1 aromatic carbocycles. The lowest BCUT2D eigenvalue weighted by Gasteiger charge is -1.94. The molecule has 72 valence electrons. The van der Waals surface area contributed by atoms with E-state index >= 15 is 0 Å². The van der Waals surface area contributed by atoms with Crippen molar-refractivity contribution >= 4 is 38.3 Å². The second-order valence-corrected chi connectivity index (χ2v) is 5.02. The molecular formula is C10H9ClN2S. The van der Waals surface area contributed by atoms with Crippen LogP contribution < -0.4 is 5.32 Å². The van der Waals surface area contributed by atoms with Crippen LogP contribution in [0.5, 0.6) is 0 Å². The largest absolute Gasteiger partial charge is 0.359 e. The fourth-order valence-electron chi connectivity index (χ4n) is 1.36. The fourth-order valence-corrected chi connectivity index (χ4v) is 2.45. The average molecular weight is 225 g/mol. The van der Waals surface area contributed by atoms with Crippen LogP contribution in [0.15, 0.2) is 18.2 Å². The van der Waals surface area contributed by atoms with Crippen molar-refractivity contribution in [2.24, 2.45) is 0 Å². The van der Waals surface area contributed by atoms with Crippen molar-refractivity contribution in [1.29, 1.82) is 0 Å². The number of fused-ring (bicyclic) bond motifs is 1. The molecule has 2 nitrogen and oxygen atoms in total. The molecule has 0 bridgehead atoms. The van der Waals surface area contributed by atoms with Gasteiger partial charge in [0.15, 0.2) is 5.13 Å². The van der Waals surface area contributed by atoms with E-state index in [1.54, 1.807) is 11.3 Å². The Hall–Kier alpha value is -0.800. The van der Waals surface area contributed by atoms with E-state index in [2.05, 4.69) is 10.3 Å². The van der Waals surface area contributed by atoms with Crippen molar-refractivity contribution in [3.05, 3.63) is 23.2 Å². The third-order valence-electron chi connectivity index (χ3n) is 2.25. The number of nitrogens with zero attached hydrogens (tertiary/aromatic N) is 1. The van der Waals surface area contributed by atoms with E-state index in [0.717, 1.165) is 15.7 Å². The highest BCUT2D eigenvalue weighted by atomic mass is 35.5. The Morgan fingerprint density at radius 1 is 1.43 bits per heavy atom. The molecule has 1 aliphatic rings. The number of thiazole rings is 1. The van der Waals surface area contributed by atoms with Crippen LogP contribution >= 0.6 is 22.9 Å². The maximum atomic E-state index is 5.89. The molecule has 14 heavy (non-hydrogen) atoms. The highest BCUT2D eigenvalue weighted by Crippen LogP contribution is 2.31. The van der Waals surface area contributed by atoms with Gasteiger partial charge in [0.1, 0.15) is 0 Å². The summed E-state index contributed by atoms with van der Waals surface area (Å²) in [6.45, 7) is 0. The maximum Gasteiger partial charge on any atom is 0.184 e. The van der Waals surface area contributed by atoms with E-state index in [1.807, 2.05) is 18.2 Å². The summed E-state index contributed by atoms with van der Waals surface area (Å²) < 4.78 is 1.19. The van der Waals surface area contributed by atoms with Crippen LogP contribution in [0.4, 0.5) is 5.13 Å². The number of halogens is 1. The Balaban J connectivity index is 2.01. The van der Waals surface area contributed by atoms with Crippen LogP contribution in [0, 0.1) is 0 Å². The first kappa shape index (κ1) is 8.50. The molecule has 2 aromatic rings. The Labute approximate surface area is 90.9 Å². The second kappa shape index (κ2) is 3.11. The third kappa shape index (κ3) is 1.57. The number of hydrogen-bond donors (Lipinski definition) is 1. The number of anilines is 1. The lowest BCUT2D eigenvalue weighted by atomic mass is 10.3. The van der Waals surface area contributed by atoms with Gasteiger partial charge in [0.05, 0.1) is 10.2 Å². The normalized spacial score (nSPS) is 16.1.